The molecule has 1 heterocycles. The maximum absolute atomic E-state index is 8.89. The van der Waals surface area contributed by atoms with Gasteiger partial charge in [0.15, 0.2) is 5.79 Å². The van der Waals surface area contributed by atoms with Crippen molar-refractivity contribution >= 4 is 0 Å². The molecule has 0 aromatic heterocycles. The topological polar surface area (TPSA) is 38.7 Å². The summed E-state index contributed by atoms with van der Waals surface area (Å²) in [6, 6.07) is 0. The van der Waals surface area contributed by atoms with E-state index in [2.05, 4.69) is 0 Å². The first-order valence-electron chi connectivity index (χ1n) is 4.08. The Labute approximate surface area is 67.3 Å². The Hall–Kier alpha value is -0.120. The summed E-state index contributed by atoms with van der Waals surface area (Å²) in [5, 5.41) is 8.89. The van der Waals surface area contributed by atoms with Crippen LogP contribution in [0, 0.1) is 5.92 Å². The number of aliphatic hydroxyl groups is 1. The molecule has 0 aromatic rings. The molecule has 0 saturated carbocycles. The average molecular weight is 160 g/mol. The molecule has 0 bridgehead atoms. The summed E-state index contributed by atoms with van der Waals surface area (Å²) in [5.74, 6) is -0.518. The van der Waals surface area contributed by atoms with Gasteiger partial charge in [0.2, 0.25) is 0 Å². The number of ether oxygens (including phenoxy) is 2. The van der Waals surface area contributed by atoms with Crippen molar-refractivity contribution in [1.82, 2.24) is 0 Å². The minimum atomic E-state index is -0.562. The molecule has 11 heavy (non-hydrogen) atoms. The maximum Gasteiger partial charge on any atom is 0.170 e. The Morgan fingerprint density at radius 1 is 1.45 bits per heavy atom. The smallest absolute Gasteiger partial charge is 0.170 e. The fourth-order valence-corrected chi connectivity index (χ4v) is 1.10. The molecule has 1 unspecified atom stereocenters. The lowest BCUT2D eigenvalue weighted by atomic mass is 10.0. The third-order valence-corrected chi connectivity index (χ3v) is 2.24. The van der Waals surface area contributed by atoms with Gasteiger partial charge in [-0.1, -0.05) is 6.92 Å². The highest BCUT2D eigenvalue weighted by Crippen LogP contribution is 2.26. The maximum atomic E-state index is 8.89. The van der Waals surface area contributed by atoms with Gasteiger partial charge in [-0.05, 0) is 13.3 Å². The monoisotopic (exact) mass is 160 g/mol. The van der Waals surface area contributed by atoms with Gasteiger partial charge >= 0.3 is 0 Å². The zero-order valence-corrected chi connectivity index (χ0v) is 7.17. The molecular weight excluding hydrogens is 144 g/mol. The van der Waals surface area contributed by atoms with Crippen molar-refractivity contribution in [3.63, 3.8) is 0 Å². The Bertz CT molecular complexity index is 119. The third kappa shape index (κ3) is 1.92. The molecule has 1 aliphatic heterocycles. The molecule has 0 radical (unpaired) electrons. The molecule has 0 spiro atoms. The van der Waals surface area contributed by atoms with Gasteiger partial charge in [0.25, 0.3) is 0 Å². The highest BCUT2D eigenvalue weighted by Gasteiger charge is 2.34. The molecule has 3 nitrogen and oxygen atoms in total. The molecule has 66 valence electrons. The second-order valence-electron chi connectivity index (χ2n) is 3.15. The van der Waals surface area contributed by atoms with Crippen LogP contribution in [0.2, 0.25) is 0 Å². The molecule has 1 aliphatic rings. The Kier molecular flexibility index (Phi) is 2.87. The Morgan fingerprint density at radius 3 is 2.45 bits per heavy atom. The highest BCUT2D eigenvalue weighted by atomic mass is 16.7. The Morgan fingerprint density at radius 2 is 2.00 bits per heavy atom. The average Bonchev–Trinajstić information content (AvgIpc) is 2.04. The van der Waals surface area contributed by atoms with Crippen LogP contribution in [0.4, 0.5) is 0 Å². The molecule has 1 N–H and O–H groups in total. The van der Waals surface area contributed by atoms with Crippen LogP contribution in [0.25, 0.3) is 0 Å². The first-order valence-corrected chi connectivity index (χ1v) is 4.08. The second kappa shape index (κ2) is 3.52. The van der Waals surface area contributed by atoms with E-state index in [1.807, 2.05) is 13.8 Å². The van der Waals surface area contributed by atoms with Crippen LogP contribution in [0.3, 0.4) is 0 Å². The van der Waals surface area contributed by atoms with Crippen molar-refractivity contribution in [3.05, 3.63) is 0 Å². The number of hydrogen-bond acceptors (Lipinski definition) is 3. The molecule has 1 saturated heterocycles. The summed E-state index contributed by atoms with van der Waals surface area (Å²) in [6.45, 7) is 5.39. The van der Waals surface area contributed by atoms with E-state index >= 15 is 0 Å². The van der Waals surface area contributed by atoms with Crippen molar-refractivity contribution in [2.75, 3.05) is 19.8 Å². The minimum Gasteiger partial charge on any atom is -0.396 e. The second-order valence-corrected chi connectivity index (χ2v) is 3.15. The van der Waals surface area contributed by atoms with Crippen LogP contribution in [0.5, 0.6) is 0 Å². The van der Waals surface area contributed by atoms with E-state index in [4.69, 9.17) is 14.6 Å². The van der Waals surface area contributed by atoms with Gasteiger partial charge in [-0.3, -0.25) is 0 Å². The van der Waals surface area contributed by atoms with Crippen LogP contribution in [-0.2, 0) is 9.47 Å². The Balaban J connectivity index is 2.49. The van der Waals surface area contributed by atoms with E-state index in [1.54, 1.807) is 0 Å². The van der Waals surface area contributed by atoms with Crippen LogP contribution in [0.15, 0.2) is 0 Å². The first-order chi connectivity index (χ1) is 5.19. The summed E-state index contributed by atoms with van der Waals surface area (Å²) >= 11 is 0. The molecule has 1 rings (SSSR count). The van der Waals surface area contributed by atoms with E-state index < -0.39 is 5.79 Å². The van der Waals surface area contributed by atoms with Crippen molar-refractivity contribution in [2.45, 2.75) is 26.1 Å². The number of rotatable bonds is 2. The van der Waals surface area contributed by atoms with Crippen molar-refractivity contribution < 1.29 is 14.6 Å². The number of aliphatic hydroxyl groups excluding tert-OH is 1. The highest BCUT2D eigenvalue weighted by molar-refractivity contribution is 4.73. The van der Waals surface area contributed by atoms with Crippen LogP contribution in [-0.4, -0.2) is 30.7 Å². The predicted octanol–water partition coefficient (Wildman–Crippen LogP) is 0.768. The number of hydrogen-bond donors (Lipinski definition) is 1. The molecule has 3 heteroatoms. The van der Waals surface area contributed by atoms with E-state index in [-0.39, 0.29) is 12.5 Å². The lowest BCUT2D eigenvalue weighted by molar-refractivity contribution is -0.284. The normalized spacial score (nSPS) is 26.5. The van der Waals surface area contributed by atoms with Crippen LogP contribution < -0.4 is 0 Å². The van der Waals surface area contributed by atoms with E-state index in [0.717, 1.165) is 19.6 Å². The largest absolute Gasteiger partial charge is 0.396 e. The van der Waals surface area contributed by atoms with Crippen molar-refractivity contribution in [2.24, 2.45) is 5.92 Å². The third-order valence-electron chi connectivity index (χ3n) is 2.24. The van der Waals surface area contributed by atoms with E-state index in [1.165, 1.54) is 0 Å². The summed E-state index contributed by atoms with van der Waals surface area (Å²) < 4.78 is 10.9. The lowest BCUT2D eigenvalue weighted by Gasteiger charge is -2.37. The van der Waals surface area contributed by atoms with Crippen LogP contribution in [0.1, 0.15) is 20.3 Å². The summed E-state index contributed by atoms with van der Waals surface area (Å²) in [5.41, 5.74) is 0. The van der Waals surface area contributed by atoms with Crippen molar-refractivity contribution in [1.29, 1.82) is 0 Å². The fourth-order valence-electron chi connectivity index (χ4n) is 1.10. The zero-order valence-electron chi connectivity index (χ0n) is 7.17. The fraction of sp³-hybridized carbons (Fsp3) is 1.00. The molecular formula is C8H16O3. The molecule has 0 aliphatic carbocycles. The lowest BCUT2D eigenvalue weighted by Crippen LogP contribution is -2.44. The molecule has 1 atom stereocenters. The van der Waals surface area contributed by atoms with Gasteiger partial charge in [-0.25, -0.2) is 0 Å². The molecule has 0 amide bonds. The van der Waals surface area contributed by atoms with E-state index in [9.17, 15) is 0 Å². The summed E-state index contributed by atoms with van der Waals surface area (Å²) in [4.78, 5) is 0. The van der Waals surface area contributed by atoms with Crippen LogP contribution >= 0.6 is 0 Å². The van der Waals surface area contributed by atoms with Gasteiger partial charge in [0.05, 0.1) is 19.8 Å². The predicted molar refractivity (Wildman–Crippen MR) is 41.2 cm³/mol. The van der Waals surface area contributed by atoms with Gasteiger partial charge in [0, 0.05) is 5.92 Å². The quantitative estimate of drug-likeness (QED) is 0.648. The van der Waals surface area contributed by atoms with E-state index in [0.29, 0.717) is 0 Å². The summed E-state index contributed by atoms with van der Waals surface area (Å²) in [7, 11) is 0. The summed E-state index contributed by atoms with van der Waals surface area (Å²) in [6.07, 6.45) is 0.952. The standard InChI is InChI=1S/C8H16O3/c1-7(6-9)8(2)10-4-3-5-11-8/h7,9H,3-6H2,1-2H3. The molecule has 0 aromatic carbocycles. The zero-order chi connectivity index (χ0) is 8.32. The minimum absolute atomic E-state index is 0.0443. The molecule has 1 fully saturated rings. The first kappa shape index (κ1) is 8.97. The van der Waals surface area contributed by atoms with Gasteiger partial charge in [-0.2, -0.15) is 0 Å². The van der Waals surface area contributed by atoms with Crippen molar-refractivity contribution in [3.8, 4) is 0 Å². The van der Waals surface area contributed by atoms with Gasteiger partial charge < -0.3 is 14.6 Å². The SMILES string of the molecule is CC(CO)C1(C)OCCCO1. The van der Waals surface area contributed by atoms with Gasteiger partial charge in [0.1, 0.15) is 0 Å². The van der Waals surface area contributed by atoms with Gasteiger partial charge in [-0.15, -0.1) is 0 Å².